The van der Waals surface area contributed by atoms with Gasteiger partial charge in [0.05, 0.1) is 11.4 Å². The second-order valence-corrected chi connectivity index (χ2v) is 5.53. The first-order chi connectivity index (χ1) is 9.86. The SMILES string of the molecule is CNc1cccnc1S(=O)(=O)Nc1ccc(F)c(F)c1F. The summed E-state index contributed by atoms with van der Waals surface area (Å²) in [5.74, 6) is -4.80. The van der Waals surface area contributed by atoms with Gasteiger partial charge in [0.1, 0.15) is 0 Å². The number of hydrogen-bond acceptors (Lipinski definition) is 4. The summed E-state index contributed by atoms with van der Waals surface area (Å²) in [5.41, 5.74) is -0.533. The average Bonchev–Trinajstić information content (AvgIpc) is 2.48. The van der Waals surface area contributed by atoms with Crippen LogP contribution in [0.25, 0.3) is 0 Å². The highest BCUT2D eigenvalue weighted by molar-refractivity contribution is 7.92. The van der Waals surface area contributed by atoms with E-state index in [0.29, 0.717) is 6.07 Å². The second kappa shape index (κ2) is 5.60. The minimum Gasteiger partial charge on any atom is -0.386 e. The first kappa shape index (κ1) is 15.1. The lowest BCUT2D eigenvalue weighted by molar-refractivity contribution is 0.449. The van der Waals surface area contributed by atoms with Crippen LogP contribution in [0.4, 0.5) is 24.5 Å². The topological polar surface area (TPSA) is 71.1 Å². The highest BCUT2D eigenvalue weighted by Crippen LogP contribution is 2.24. The first-order valence-corrected chi connectivity index (χ1v) is 7.14. The number of nitrogens with one attached hydrogen (secondary N) is 2. The number of halogens is 3. The first-order valence-electron chi connectivity index (χ1n) is 5.66. The molecule has 112 valence electrons. The van der Waals surface area contributed by atoms with Gasteiger partial charge in [-0.1, -0.05) is 0 Å². The van der Waals surface area contributed by atoms with Gasteiger partial charge in [-0.2, -0.15) is 8.42 Å². The Morgan fingerprint density at radius 1 is 1.05 bits per heavy atom. The minimum atomic E-state index is -4.26. The number of pyridine rings is 1. The number of nitrogens with zero attached hydrogens (tertiary/aromatic N) is 1. The molecule has 0 bridgehead atoms. The standard InChI is InChI=1S/C12H10F3N3O2S/c1-16-9-3-2-6-17-12(9)21(19,20)18-8-5-4-7(13)10(14)11(8)15/h2-6,16,18H,1H3. The summed E-state index contributed by atoms with van der Waals surface area (Å²) < 4.78 is 65.5. The molecule has 0 aliphatic carbocycles. The molecule has 0 spiro atoms. The van der Waals surface area contributed by atoms with Crippen molar-refractivity contribution in [1.82, 2.24) is 4.98 Å². The van der Waals surface area contributed by atoms with E-state index in [0.717, 1.165) is 6.07 Å². The zero-order valence-electron chi connectivity index (χ0n) is 10.7. The van der Waals surface area contributed by atoms with Crippen LogP contribution in [0.15, 0.2) is 35.5 Å². The molecule has 9 heteroatoms. The van der Waals surface area contributed by atoms with Gasteiger partial charge in [0.2, 0.25) is 0 Å². The van der Waals surface area contributed by atoms with Crippen LogP contribution in [0.3, 0.4) is 0 Å². The molecule has 0 aliphatic heterocycles. The quantitative estimate of drug-likeness (QED) is 0.849. The lowest BCUT2D eigenvalue weighted by Gasteiger charge is -2.11. The van der Waals surface area contributed by atoms with Crippen molar-refractivity contribution in [2.45, 2.75) is 5.03 Å². The van der Waals surface area contributed by atoms with Crippen LogP contribution in [0.1, 0.15) is 0 Å². The fourth-order valence-corrected chi connectivity index (χ4v) is 2.80. The lowest BCUT2D eigenvalue weighted by Crippen LogP contribution is -2.17. The number of anilines is 2. The molecular formula is C12H10F3N3O2S. The van der Waals surface area contributed by atoms with Crippen LogP contribution >= 0.6 is 0 Å². The predicted molar refractivity (Wildman–Crippen MR) is 70.9 cm³/mol. The van der Waals surface area contributed by atoms with Crippen LogP contribution in [-0.2, 0) is 10.0 Å². The molecular weight excluding hydrogens is 307 g/mol. The van der Waals surface area contributed by atoms with Crippen LogP contribution in [0, 0.1) is 17.5 Å². The van der Waals surface area contributed by atoms with E-state index < -0.39 is 38.2 Å². The molecule has 0 atom stereocenters. The zero-order valence-corrected chi connectivity index (χ0v) is 11.5. The smallest absolute Gasteiger partial charge is 0.281 e. The predicted octanol–water partition coefficient (Wildman–Crippen LogP) is 2.34. The van der Waals surface area contributed by atoms with E-state index in [1.165, 1.54) is 25.4 Å². The Bertz CT molecular complexity index is 781. The second-order valence-electron chi connectivity index (χ2n) is 3.93. The maximum atomic E-state index is 13.5. The fourth-order valence-electron chi connectivity index (χ4n) is 1.59. The number of benzene rings is 1. The number of sulfonamides is 1. The maximum Gasteiger partial charge on any atom is 0.281 e. The number of aromatic nitrogens is 1. The molecule has 0 fully saturated rings. The molecule has 2 aromatic rings. The largest absolute Gasteiger partial charge is 0.386 e. The van der Waals surface area contributed by atoms with Gasteiger partial charge in [0, 0.05) is 13.2 Å². The van der Waals surface area contributed by atoms with Crippen LogP contribution in [0.5, 0.6) is 0 Å². The molecule has 0 radical (unpaired) electrons. The number of hydrogen-bond donors (Lipinski definition) is 2. The molecule has 2 rings (SSSR count). The summed E-state index contributed by atoms with van der Waals surface area (Å²) in [7, 11) is -2.78. The third-order valence-corrected chi connectivity index (χ3v) is 3.90. The van der Waals surface area contributed by atoms with Gasteiger partial charge in [-0.3, -0.25) is 4.72 Å². The van der Waals surface area contributed by atoms with Crippen molar-refractivity contribution in [3.8, 4) is 0 Å². The van der Waals surface area contributed by atoms with Gasteiger partial charge < -0.3 is 5.32 Å². The van der Waals surface area contributed by atoms with E-state index in [-0.39, 0.29) is 5.69 Å². The lowest BCUT2D eigenvalue weighted by atomic mass is 10.3. The summed E-state index contributed by atoms with van der Waals surface area (Å²) >= 11 is 0. The molecule has 0 unspecified atom stereocenters. The van der Waals surface area contributed by atoms with E-state index >= 15 is 0 Å². The Morgan fingerprint density at radius 3 is 2.43 bits per heavy atom. The van der Waals surface area contributed by atoms with Crippen molar-refractivity contribution in [2.24, 2.45) is 0 Å². The Balaban J connectivity index is 2.45. The minimum absolute atomic E-state index is 0.174. The zero-order chi connectivity index (χ0) is 15.6. The molecule has 0 saturated heterocycles. The Kier molecular flexibility index (Phi) is 4.03. The summed E-state index contributed by atoms with van der Waals surface area (Å²) in [6, 6.07) is 4.35. The van der Waals surface area contributed by atoms with Gasteiger partial charge in [0.15, 0.2) is 22.5 Å². The van der Waals surface area contributed by atoms with Gasteiger partial charge in [0.25, 0.3) is 10.0 Å². The van der Waals surface area contributed by atoms with Crippen LogP contribution in [0.2, 0.25) is 0 Å². The number of rotatable bonds is 4. The van der Waals surface area contributed by atoms with Gasteiger partial charge >= 0.3 is 0 Å². The van der Waals surface area contributed by atoms with Gasteiger partial charge in [-0.15, -0.1) is 0 Å². The molecule has 1 aromatic carbocycles. The third-order valence-electron chi connectivity index (χ3n) is 2.57. The Labute approximate surface area is 118 Å². The summed E-state index contributed by atoms with van der Waals surface area (Å²) in [6.45, 7) is 0. The summed E-state index contributed by atoms with van der Waals surface area (Å²) in [6.07, 6.45) is 1.23. The Hall–Kier alpha value is -2.29. The van der Waals surface area contributed by atoms with Crippen molar-refractivity contribution in [3.05, 3.63) is 47.9 Å². The van der Waals surface area contributed by atoms with Crippen molar-refractivity contribution in [2.75, 3.05) is 17.1 Å². The average molecular weight is 317 g/mol. The van der Waals surface area contributed by atoms with Crippen molar-refractivity contribution in [1.29, 1.82) is 0 Å². The van der Waals surface area contributed by atoms with Crippen molar-refractivity contribution in [3.63, 3.8) is 0 Å². The van der Waals surface area contributed by atoms with Gasteiger partial charge in [-0.25, -0.2) is 18.2 Å². The summed E-state index contributed by atoms with van der Waals surface area (Å²) in [4.78, 5) is 3.68. The molecule has 2 N–H and O–H groups in total. The third kappa shape index (κ3) is 2.92. The molecule has 5 nitrogen and oxygen atoms in total. The maximum absolute atomic E-state index is 13.5. The summed E-state index contributed by atoms with van der Waals surface area (Å²) in [5, 5.41) is 2.22. The highest BCUT2D eigenvalue weighted by Gasteiger charge is 2.23. The van der Waals surface area contributed by atoms with E-state index in [2.05, 4.69) is 10.3 Å². The van der Waals surface area contributed by atoms with E-state index in [4.69, 9.17) is 0 Å². The van der Waals surface area contributed by atoms with E-state index in [1.54, 1.807) is 0 Å². The fraction of sp³-hybridized carbons (Fsp3) is 0.0833. The van der Waals surface area contributed by atoms with E-state index in [9.17, 15) is 21.6 Å². The molecule has 0 aliphatic rings. The highest BCUT2D eigenvalue weighted by atomic mass is 32.2. The molecule has 0 saturated carbocycles. The normalized spacial score (nSPS) is 11.2. The molecule has 1 heterocycles. The van der Waals surface area contributed by atoms with Crippen molar-refractivity contribution >= 4 is 21.4 Å². The molecule has 0 amide bonds. The van der Waals surface area contributed by atoms with E-state index in [1.807, 2.05) is 4.72 Å². The van der Waals surface area contributed by atoms with Crippen LogP contribution in [-0.4, -0.2) is 20.4 Å². The molecule has 1 aromatic heterocycles. The van der Waals surface area contributed by atoms with Crippen LogP contribution < -0.4 is 10.0 Å². The van der Waals surface area contributed by atoms with Gasteiger partial charge in [-0.05, 0) is 24.3 Å². The molecule has 21 heavy (non-hydrogen) atoms. The monoisotopic (exact) mass is 317 g/mol. The van der Waals surface area contributed by atoms with Crippen molar-refractivity contribution < 1.29 is 21.6 Å². The Morgan fingerprint density at radius 2 is 1.76 bits per heavy atom.